The molecule has 0 saturated carbocycles. The summed E-state index contributed by atoms with van der Waals surface area (Å²) >= 11 is 0. The minimum absolute atomic E-state index is 0.853. The van der Waals surface area contributed by atoms with Crippen LogP contribution in [-0.2, 0) is 0 Å². The largest absolute Gasteiger partial charge is 0.409 e. The number of fused-ring (bicyclic) bond motifs is 9. The van der Waals surface area contributed by atoms with Crippen LogP contribution in [0.25, 0.3) is 93.7 Å². The molecule has 0 radical (unpaired) electrons. The van der Waals surface area contributed by atoms with Crippen molar-refractivity contribution < 1.29 is 4.57 Å². The number of aromatic nitrogens is 4. The van der Waals surface area contributed by atoms with Crippen molar-refractivity contribution in [2.24, 2.45) is 0 Å². The van der Waals surface area contributed by atoms with E-state index in [1.165, 1.54) is 54.5 Å². The van der Waals surface area contributed by atoms with Crippen LogP contribution in [0, 0.1) is 0 Å². The van der Waals surface area contributed by atoms with Crippen LogP contribution in [0.15, 0.2) is 188 Å². The maximum Gasteiger partial charge on any atom is 0.409 e. The molecular formula is C48H31N4+. The lowest BCUT2D eigenvalue weighted by molar-refractivity contribution is -0.591. The quantitative estimate of drug-likeness (QED) is 0.172. The van der Waals surface area contributed by atoms with E-state index in [9.17, 15) is 0 Å². The maximum atomic E-state index is 5.31. The van der Waals surface area contributed by atoms with Gasteiger partial charge in [0.05, 0.1) is 17.2 Å². The molecule has 0 amide bonds. The number of hydrogen-bond donors (Lipinski definition) is 0. The lowest BCUT2D eigenvalue weighted by atomic mass is 9.99. The molecule has 0 N–H and O–H groups in total. The fourth-order valence-electron chi connectivity index (χ4n) is 8.19. The van der Waals surface area contributed by atoms with Crippen molar-refractivity contribution in [1.29, 1.82) is 0 Å². The minimum atomic E-state index is 0.853. The van der Waals surface area contributed by atoms with Crippen molar-refractivity contribution in [2.75, 3.05) is 0 Å². The smallest absolute Gasteiger partial charge is 0.309 e. The summed E-state index contributed by atoms with van der Waals surface area (Å²) in [4.78, 5) is 5.31. The Hall–Kier alpha value is -7.04. The van der Waals surface area contributed by atoms with Crippen molar-refractivity contribution in [3.63, 3.8) is 0 Å². The summed E-state index contributed by atoms with van der Waals surface area (Å²) in [6.07, 6.45) is 2.20. The normalized spacial score (nSPS) is 11.8. The van der Waals surface area contributed by atoms with Gasteiger partial charge in [-0.05, 0) is 94.7 Å². The summed E-state index contributed by atoms with van der Waals surface area (Å²) < 4.78 is 6.93. The summed E-state index contributed by atoms with van der Waals surface area (Å²) in [5.41, 5.74) is 10.2. The number of hydrogen-bond acceptors (Lipinski definition) is 1. The first-order valence-corrected chi connectivity index (χ1v) is 17.7. The van der Waals surface area contributed by atoms with E-state index in [1.54, 1.807) is 0 Å². The molecule has 0 aliphatic carbocycles. The fraction of sp³-hybridized carbons (Fsp3) is 0. The van der Waals surface area contributed by atoms with Crippen molar-refractivity contribution in [1.82, 2.24) is 14.1 Å². The summed E-state index contributed by atoms with van der Waals surface area (Å²) in [6.45, 7) is 0. The molecule has 52 heavy (non-hydrogen) atoms. The molecule has 8 aromatic carbocycles. The van der Waals surface area contributed by atoms with Crippen molar-refractivity contribution >= 4 is 65.3 Å². The van der Waals surface area contributed by atoms with Gasteiger partial charge >= 0.3 is 5.95 Å². The van der Waals surface area contributed by atoms with Gasteiger partial charge in [-0.3, -0.25) is 0 Å². The van der Waals surface area contributed by atoms with Gasteiger partial charge in [0.2, 0.25) is 0 Å². The zero-order valence-corrected chi connectivity index (χ0v) is 28.2. The van der Waals surface area contributed by atoms with Gasteiger partial charge < -0.3 is 4.57 Å². The molecule has 0 fully saturated rings. The van der Waals surface area contributed by atoms with Crippen LogP contribution < -0.4 is 4.57 Å². The second-order valence-corrected chi connectivity index (χ2v) is 13.5. The average molecular weight is 664 g/mol. The zero-order valence-electron chi connectivity index (χ0n) is 28.2. The molecule has 0 atom stereocenters. The van der Waals surface area contributed by atoms with Crippen LogP contribution >= 0.6 is 0 Å². The van der Waals surface area contributed by atoms with Crippen molar-refractivity contribution in [3.05, 3.63) is 188 Å². The Bertz CT molecular complexity index is 3170. The van der Waals surface area contributed by atoms with Gasteiger partial charge in [-0.1, -0.05) is 114 Å². The monoisotopic (exact) mass is 663 g/mol. The van der Waals surface area contributed by atoms with E-state index in [-0.39, 0.29) is 0 Å². The molecule has 0 aliphatic heterocycles. The summed E-state index contributed by atoms with van der Waals surface area (Å²) in [5, 5.41) is 8.53. The number of benzene rings is 8. The molecule has 4 nitrogen and oxygen atoms in total. The van der Waals surface area contributed by atoms with Crippen LogP contribution in [0.3, 0.4) is 0 Å². The standard InChI is InChI=1S/C48H31N4/c1-3-15-36(16-4-1)50-31-35-14-8-11-21-42(35)49-48(50)52-43-22-12-10-20-39(43)40-29-33(24-26-44(40)52)34-25-27-45-41(30-34)47-38-19-9-7-13-32(38)23-28-46(47)51(45)37-17-5-2-6-18-37/h1-31H/q+1. The minimum Gasteiger partial charge on any atom is -0.309 e. The van der Waals surface area contributed by atoms with Gasteiger partial charge in [-0.15, -0.1) is 0 Å². The highest BCUT2D eigenvalue weighted by atomic mass is 15.2. The van der Waals surface area contributed by atoms with Crippen LogP contribution in [0.4, 0.5) is 0 Å². The lowest BCUT2D eigenvalue weighted by Gasteiger charge is -2.09. The Morgan fingerprint density at radius 2 is 1.00 bits per heavy atom. The molecule has 4 heteroatoms. The van der Waals surface area contributed by atoms with Crippen LogP contribution in [0.1, 0.15) is 0 Å². The number of para-hydroxylation sites is 4. The molecule has 242 valence electrons. The first-order valence-electron chi connectivity index (χ1n) is 17.7. The van der Waals surface area contributed by atoms with E-state index in [2.05, 4.69) is 202 Å². The third kappa shape index (κ3) is 4.28. The molecule has 11 rings (SSSR count). The molecule has 0 bridgehead atoms. The highest BCUT2D eigenvalue weighted by Gasteiger charge is 2.25. The Morgan fingerprint density at radius 3 is 1.81 bits per heavy atom. The predicted molar refractivity (Wildman–Crippen MR) is 215 cm³/mol. The van der Waals surface area contributed by atoms with E-state index >= 15 is 0 Å². The summed E-state index contributed by atoms with van der Waals surface area (Å²) in [7, 11) is 0. The van der Waals surface area contributed by atoms with Gasteiger partial charge in [-0.2, -0.15) is 4.57 Å². The molecular weight excluding hydrogens is 633 g/mol. The van der Waals surface area contributed by atoms with Gasteiger partial charge in [0.1, 0.15) is 16.7 Å². The Kier molecular flexibility index (Phi) is 6.22. The van der Waals surface area contributed by atoms with Crippen molar-refractivity contribution in [3.8, 4) is 28.5 Å². The second kappa shape index (κ2) is 11.2. The van der Waals surface area contributed by atoms with E-state index in [0.29, 0.717) is 0 Å². The highest BCUT2D eigenvalue weighted by molar-refractivity contribution is 6.22. The van der Waals surface area contributed by atoms with Gasteiger partial charge in [-0.25, -0.2) is 4.57 Å². The Morgan fingerprint density at radius 1 is 0.404 bits per heavy atom. The Labute approximate surface area is 299 Å². The maximum absolute atomic E-state index is 5.31. The van der Waals surface area contributed by atoms with E-state index in [0.717, 1.165) is 39.3 Å². The number of nitrogens with zero attached hydrogens (tertiary/aromatic N) is 4. The second-order valence-electron chi connectivity index (χ2n) is 13.5. The highest BCUT2D eigenvalue weighted by Crippen LogP contribution is 2.40. The zero-order chi connectivity index (χ0) is 34.2. The topological polar surface area (TPSA) is 26.6 Å². The Balaban J connectivity index is 1.16. The molecule has 0 saturated heterocycles. The third-order valence-corrected chi connectivity index (χ3v) is 10.6. The molecule has 0 unspecified atom stereocenters. The first kappa shape index (κ1) is 28.8. The van der Waals surface area contributed by atoms with Crippen LogP contribution in [0.2, 0.25) is 0 Å². The molecule has 0 aliphatic rings. The van der Waals surface area contributed by atoms with Crippen LogP contribution in [-0.4, -0.2) is 14.1 Å². The molecule has 0 spiro atoms. The predicted octanol–water partition coefficient (Wildman–Crippen LogP) is 11.5. The number of rotatable bonds is 4. The lowest BCUT2D eigenvalue weighted by Crippen LogP contribution is -2.37. The van der Waals surface area contributed by atoms with E-state index in [1.807, 2.05) is 0 Å². The molecule has 3 heterocycles. The SMILES string of the molecule is c1ccc(-n2c3ccc(-c4ccc5c(c4)c4ccccc4n5-c4nc5ccccc5c[n+]4-c4ccccc4)cc3c3c4ccccc4ccc32)cc1. The van der Waals surface area contributed by atoms with Crippen LogP contribution in [0.5, 0.6) is 0 Å². The van der Waals surface area contributed by atoms with Gasteiger partial charge in [0.25, 0.3) is 0 Å². The molecule has 11 aromatic rings. The summed E-state index contributed by atoms with van der Waals surface area (Å²) in [6, 6.07) is 65.3. The van der Waals surface area contributed by atoms with Gasteiger partial charge in [0, 0.05) is 32.6 Å². The fourth-order valence-corrected chi connectivity index (χ4v) is 8.19. The van der Waals surface area contributed by atoms with Gasteiger partial charge in [0.15, 0.2) is 5.52 Å². The van der Waals surface area contributed by atoms with E-state index in [4.69, 9.17) is 4.98 Å². The third-order valence-electron chi connectivity index (χ3n) is 10.6. The first-order chi connectivity index (χ1) is 25.8. The molecule has 3 aromatic heterocycles. The van der Waals surface area contributed by atoms with E-state index < -0.39 is 0 Å². The average Bonchev–Trinajstić information content (AvgIpc) is 3.73. The summed E-state index contributed by atoms with van der Waals surface area (Å²) in [5.74, 6) is 0.853. The van der Waals surface area contributed by atoms with Crippen molar-refractivity contribution in [2.45, 2.75) is 0 Å².